The summed E-state index contributed by atoms with van der Waals surface area (Å²) in [5, 5.41) is 8.91. The van der Waals surface area contributed by atoms with Crippen LogP contribution in [0, 0.1) is 11.8 Å². The van der Waals surface area contributed by atoms with Gasteiger partial charge in [-0.2, -0.15) is 13.2 Å². The minimum atomic E-state index is -4.10. The highest BCUT2D eigenvalue weighted by atomic mass is 19.4. The smallest absolute Gasteiger partial charge is 0.391 e. The molecule has 0 unspecified atom stereocenters. The molecule has 2 aliphatic rings. The standard InChI is InChI=1S/C13H20F3NO2/c14-13(15,16)10-3-5-11(6-4-10)17(8-12(18)19)7-9-1-2-9/h9-11H,1-8H2,(H,18,19). The van der Waals surface area contributed by atoms with Crippen LogP contribution in [0.1, 0.15) is 38.5 Å². The Morgan fingerprint density at radius 1 is 1.11 bits per heavy atom. The molecule has 0 aliphatic heterocycles. The van der Waals surface area contributed by atoms with Crippen molar-refractivity contribution in [2.45, 2.75) is 50.7 Å². The van der Waals surface area contributed by atoms with E-state index in [1.165, 1.54) is 0 Å². The van der Waals surface area contributed by atoms with Gasteiger partial charge >= 0.3 is 12.1 Å². The topological polar surface area (TPSA) is 40.5 Å². The number of halogens is 3. The Hall–Kier alpha value is -0.780. The second kappa shape index (κ2) is 5.69. The molecule has 0 atom stereocenters. The summed E-state index contributed by atoms with van der Waals surface area (Å²) >= 11 is 0. The fourth-order valence-corrected chi connectivity index (χ4v) is 2.92. The molecule has 0 heterocycles. The molecule has 2 fully saturated rings. The average molecular weight is 279 g/mol. The van der Waals surface area contributed by atoms with Crippen molar-refractivity contribution >= 4 is 5.97 Å². The van der Waals surface area contributed by atoms with Gasteiger partial charge in [0.25, 0.3) is 0 Å². The predicted octanol–water partition coefficient (Wildman–Crippen LogP) is 2.90. The summed E-state index contributed by atoms with van der Waals surface area (Å²) in [7, 11) is 0. The highest BCUT2D eigenvalue weighted by molar-refractivity contribution is 5.69. The van der Waals surface area contributed by atoms with Gasteiger partial charge in [-0.3, -0.25) is 9.69 Å². The lowest BCUT2D eigenvalue weighted by Crippen LogP contribution is -2.43. The summed E-state index contributed by atoms with van der Waals surface area (Å²) in [5.41, 5.74) is 0. The van der Waals surface area contributed by atoms with Crippen molar-refractivity contribution in [1.82, 2.24) is 4.90 Å². The number of hydrogen-bond donors (Lipinski definition) is 1. The van der Waals surface area contributed by atoms with Gasteiger partial charge in [0.1, 0.15) is 0 Å². The fourth-order valence-electron chi connectivity index (χ4n) is 2.92. The SMILES string of the molecule is O=C(O)CN(CC1CC1)C1CCC(C(F)(F)F)CC1. The zero-order valence-corrected chi connectivity index (χ0v) is 10.8. The molecular formula is C13H20F3NO2. The first-order valence-electron chi connectivity index (χ1n) is 6.89. The number of carbonyl (C=O) groups is 1. The average Bonchev–Trinajstić information content (AvgIpc) is 3.10. The molecule has 0 bridgehead atoms. The van der Waals surface area contributed by atoms with E-state index < -0.39 is 18.1 Å². The summed E-state index contributed by atoms with van der Waals surface area (Å²) in [6, 6.07) is 0.00954. The molecule has 0 aromatic rings. The fraction of sp³-hybridized carbons (Fsp3) is 0.923. The minimum absolute atomic E-state index is 0.00954. The number of hydrogen-bond acceptors (Lipinski definition) is 2. The van der Waals surface area contributed by atoms with Crippen molar-refractivity contribution < 1.29 is 23.1 Å². The number of alkyl halides is 3. The van der Waals surface area contributed by atoms with Crippen molar-refractivity contribution in [3.05, 3.63) is 0 Å². The summed E-state index contributed by atoms with van der Waals surface area (Å²) in [5.74, 6) is -1.53. The first kappa shape index (κ1) is 14.6. The molecular weight excluding hydrogens is 259 g/mol. The number of carboxylic acids is 1. The van der Waals surface area contributed by atoms with E-state index in [4.69, 9.17) is 5.11 Å². The molecule has 3 nitrogen and oxygen atoms in total. The maximum atomic E-state index is 12.6. The Morgan fingerprint density at radius 2 is 1.68 bits per heavy atom. The Labute approximate surface area is 110 Å². The van der Waals surface area contributed by atoms with E-state index in [0.717, 1.165) is 19.4 Å². The van der Waals surface area contributed by atoms with Gasteiger partial charge < -0.3 is 5.11 Å². The molecule has 0 saturated heterocycles. The third-order valence-electron chi connectivity index (χ3n) is 4.20. The first-order valence-corrected chi connectivity index (χ1v) is 6.89. The van der Waals surface area contributed by atoms with Gasteiger partial charge in [0.15, 0.2) is 0 Å². The molecule has 2 rings (SSSR count). The van der Waals surface area contributed by atoms with Crippen LogP contribution in [0.15, 0.2) is 0 Å². The van der Waals surface area contributed by atoms with Gasteiger partial charge in [-0.25, -0.2) is 0 Å². The molecule has 0 amide bonds. The van der Waals surface area contributed by atoms with Gasteiger partial charge in [0.05, 0.1) is 12.5 Å². The van der Waals surface area contributed by atoms with Gasteiger partial charge in [-0.05, 0) is 44.4 Å². The zero-order valence-electron chi connectivity index (χ0n) is 10.8. The summed E-state index contributed by atoms with van der Waals surface area (Å²) in [6.07, 6.45) is -0.667. The quantitative estimate of drug-likeness (QED) is 0.841. The van der Waals surface area contributed by atoms with Crippen molar-refractivity contribution in [3.63, 3.8) is 0 Å². The van der Waals surface area contributed by atoms with Crippen LogP contribution in [0.5, 0.6) is 0 Å². The molecule has 0 aromatic heterocycles. The van der Waals surface area contributed by atoms with Crippen LogP contribution >= 0.6 is 0 Å². The van der Waals surface area contributed by atoms with Crippen LogP contribution in [-0.2, 0) is 4.79 Å². The number of rotatable bonds is 5. The van der Waals surface area contributed by atoms with Crippen molar-refractivity contribution in [2.75, 3.05) is 13.1 Å². The van der Waals surface area contributed by atoms with Gasteiger partial charge in [0, 0.05) is 12.6 Å². The second-order valence-electron chi connectivity index (χ2n) is 5.81. The third-order valence-corrected chi connectivity index (χ3v) is 4.20. The lowest BCUT2D eigenvalue weighted by atomic mass is 9.85. The van der Waals surface area contributed by atoms with E-state index in [1.807, 2.05) is 4.90 Å². The number of carboxylic acid groups (broad SMARTS) is 1. The maximum Gasteiger partial charge on any atom is 0.391 e. The van der Waals surface area contributed by atoms with E-state index in [0.29, 0.717) is 18.8 Å². The Kier molecular flexibility index (Phi) is 4.38. The minimum Gasteiger partial charge on any atom is -0.480 e. The molecule has 0 aromatic carbocycles. The zero-order chi connectivity index (χ0) is 14.0. The van der Waals surface area contributed by atoms with Crippen LogP contribution in [0.2, 0.25) is 0 Å². The van der Waals surface area contributed by atoms with Crippen LogP contribution in [0.25, 0.3) is 0 Å². The van der Waals surface area contributed by atoms with Crippen LogP contribution in [-0.4, -0.2) is 41.3 Å². The van der Waals surface area contributed by atoms with Crippen LogP contribution < -0.4 is 0 Å². The molecule has 0 radical (unpaired) electrons. The van der Waals surface area contributed by atoms with Crippen molar-refractivity contribution in [2.24, 2.45) is 11.8 Å². The summed E-state index contributed by atoms with van der Waals surface area (Å²) in [6.45, 7) is 0.686. The van der Waals surface area contributed by atoms with Crippen molar-refractivity contribution in [3.8, 4) is 0 Å². The molecule has 110 valence electrons. The van der Waals surface area contributed by atoms with Crippen LogP contribution in [0.4, 0.5) is 13.2 Å². The predicted molar refractivity (Wildman–Crippen MR) is 63.7 cm³/mol. The van der Waals surface area contributed by atoms with E-state index >= 15 is 0 Å². The van der Waals surface area contributed by atoms with Gasteiger partial charge in [-0.15, -0.1) is 0 Å². The van der Waals surface area contributed by atoms with E-state index in [2.05, 4.69) is 0 Å². The van der Waals surface area contributed by atoms with E-state index in [-0.39, 0.29) is 25.4 Å². The Morgan fingerprint density at radius 3 is 2.11 bits per heavy atom. The molecule has 1 N–H and O–H groups in total. The van der Waals surface area contributed by atoms with E-state index in [1.54, 1.807) is 0 Å². The molecule has 0 spiro atoms. The van der Waals surface area contributed by atoms with Gasteiger partial charge in [-0.1, -0.05) is 0 Å². The normalized spacial score (nSPS) is 28.6. The highest BCUT2D eigenvalue weighted by Crippen LogP contribution is 2.39. The lowest BCUT2D eigenvalue weighted by molar-refractivity contribution is -0.184. The molecule has 2 saturated carbocycles. The number of aliphatic carboxylic acids is 1. The second-order valence-corrected chi connectivity index (χ2v) is 5.81. The van der Waals surface area contributed by atoms with Crippen molar-refractivity contribution in [1.29, 1.82) is 0 Å². The van der Waals surface area contributed by atoms with E-state index in [9.17, 15) is 18.0 Å². The Balaban J connectivity index is 1.87. The number of nitrogens with zero attached hydrogens (tertiary/aromatic N) is 1. The molecule has 6 heteroatoms. The third kappa shape index (κ3) is 4.37. The molecule has 19 heavy (non-hydrogen) atoms. The van der Waals surface area contributed by atoms with Crippen LogP contribution in [0.3, 0.4) is 0 Å². The molecule has 2 aliphatic carbocycles. The van der Waals surface area contributed by atoms with Gasteiger partial charge in [0.2, 0.25) is 0 Å². The highest BCUT2D eigenvalue weighted by Gasteiger charge is 2.42. The maximum absolute atomic E-state index is 12.6. The Bertz CT molecular complexity index is 320. The summed E-state index contributed by atoms with van der Waals surface area (Å²) in [4.78, 5) is 12.7. The lowest BCUT2D eigenvalue weighted by Gasteiger charge is -2.36. The largest absolute Gasteiger partial charge is 0.480 e. The monoisotopic (exact) mass is 279 g/mol. The first-order chi connectivity index (χ1) is 8.86. The summed E-state index contributed by atoms with van der Waals surface area (Å²) < 4.78 is 37.8.